The molecule has 4 heteroatoms. The number of phenols is 1. The normalized spacial score (nSPS) is 16.5. The maximum absolute atomic E-state index is 10.9. The first-order chi connectivity index (χ1) is 11.8. The van der Waals surface area contributed by atoms with Gasteiger partial charge in [-0.1, -0.05) is 46.3 Å². The fourth-order valence-corrected chi connectivity index (χ4v) is 4.33. The van der Waals surface area contributed by atoms with Crippen LogP contribution in [-0.2, 0) is 0 Å². The van der Waals surface area contributed by atoms with E-state index in [0.717, 1.165) is 28.5 Å². The van der Waals surface area contributed by atoms with Crippen molar-refractivity contribution in [1.82, 2.24) is 4.98 Å². The van der Waals surface area contributed by atoms with Crippen LogP contribution in [0, 0.1) is 0 Å². The van der Waals surface area contributed by atoms with E-state index in [1.54, 1.807) is 6.20 Å². The third-order valence-corrected chi connectivity index (χ3v) is 5.68. The molecule has 1 aliphatic heterocycles. The van der Waals surface area contributed by atoms with E-state index in [4.69, 9.17) is 0 Å². The van der Waals surface area contributed by atoms with Crippen LogP contribution in [0.5, 0.6) is 5.75 Å². The van der Waals surface area contributed by atoms with Crippen LogP contribution in [0.1, 0.15) is 30.0 Å². The third-order valence-electron chi connectivity index (χ3n) is 4.96. The van der Waals surface area contributed by atoms with Crippen LogP contribution in [0.4, 0.5) is 0 Å². The molecule has 2 heterocycles. The Balaban J connectivity index is 1.91. The standard InChI is InChI=1S/C20H19BrN2O/c21-17-8-2-1-7-15(17)19(23-12-3-4-13-23)16-10-9-14-6-5-11-22-18(14)20(16)24/h1-2,5-11,19,24H,3-4,12-13H2/p+1/t19-/m0/s1. The van der Waals surface area contributed by atoms with Gasteiger partial charge in [-0.25, -0.2) is 0 Å². The number of aromatic hydroxyl groups is 1. The lowest BCUT2D eigenvalue weighted by Gasteiger charge is -2.27. The maximum Gasteiger partial charge on any atom is 0.151 e. The third kappa shape index (κ3) is 2.70. The van der Waals surface area contributed by atoms with Crippen molar-refractivity contribution in [2.24, 2.45) is 0 Å². The van der Waals surface area contributed by atoms with Gasteiger partial charge in [-0.05, 0) is 18.2 Å². The van der Waals surface area contributed by atoms with Crippen molar-refractivity contribution in [3.05, 3.63) is 70.3 Å². The van der Waals surface area contributed by atoms with E-state index in [9.17, 15) is 5.11 Å². The monoisotopic (exact) mass is 383 g/mol. The maximum atomic E-state index is 10.9. The zero-order valence-electron chi connectivity index (χ0n) is 13.4. The van der Waals surface area contributed by atoms with Crippen molar-refractivity contribution in [2.75, 3.05) is 13.1 Å². The van der Waals surface area contributed by atoms with Gasteiger partial charge in [0.1, 0.15) is 11.6 Å². The van der Waals surface area contributed by atoms with Crippen LogP contribution in [0.2, 0.25) is 0 Å². The lowest BCUT2D eigenvalue weighted by molar-refractivity contribution is -0.913. The molecule has 24 heavy (non-hydrogen) atoms. The predicted octanol–water partition coefficient (Wildman–Crippen LogP) is 3.47. The zero-order chi connectivity index (χ0) is 16.5. The number of rotatable bonds is 3. The molecular weight excluding hydrogens is 364 g/mol. The number of nitrogens with one attached hydrogen (secondary N) is 1. The number of fused-ring (bicyclic) bond motifs is 1. The second kappa shape index (κ2) is 6.54. The van der Waals surface area contributed by atoms with Gasteiger partial charge < -0.3 is 10.0 Å². The lowest BCUT2D eigenvalue weighted by Crippen LogP contribution is -3.10. The van der Waals surface area contributed by atoms with Crippen LogP contribution in [0.25, 0.3) is 10.9 Å². The van der Waals surface area contributed by atoms with E-state index in [1.165, 1.54) is 23.3 Å². The van der Waals surface area contributed by atoms with Gasteiger partial charge in [0.25, 0.3) is 0 Å². The second-order valence-electron chi connectivity index (χ2n) is 6.40. The SMILES string of the molecule is Oc1c([C@H](c2ccccc2Br)[NH+]2CCCC2)ccc2cccnc12. The fraction of sp³-hybridized carbons (Fsp3) is 0.250. The molecule has 0 radical (unpaired) electrons. The summed E-state index contributed by atoms with van der Waals surface area (Å²) in [5.74, 6) is 0.313. The number of pyridine rings is 1. The Morgan fingerprint density at radius 2 is 1.75 bits per heavy atom. The van der Waals surface area contributed by atoms with E-state index in [0.29, 0.717) is 11.3 Å². The lowest BCUT2D eigenvalue weighted by atomic mass is 9.95. The van der Waals surface area contributed by atoms with E-state index < -0.39 is 0 Å². The molecule has 1 aromatic heterocycles. The molecular formula is C20H20BrN2O+. The fourth-order valence-electron chi connectivity index (χ4n) is 3.81. The van der Waals surface area contributed by atoms with E-state index in [1.807, 2.05) is 18.2 Å². The molecule has 2 aromatic carbocycles. The quantitative estimate of drug-likeness (QED) is 0.726. The Bertz CT molecular complexity index is 874. The number of hydrogen-bond acceptors (Lipinski definition) is 2. The molecule has 1 saturated heterocycles. The van der Waals surface area contributed by atoms with E-state index >= 15 is 0 Å². The molecule has 122 valence electrons. The largest absolute Gasteiger partial charge is 0.505 e. The van der Waals surface area contributed by atoms with Crippen molar-refractivity contribution in [3.63, 3.8) is 0 Å². The summed E-state index contributed by atoms with van der Waals surface area (Å²) in [6.45, 7) is 2.26. The summed E-state index contributed by atoms with van der Waals surface area (Å²) in [4.78, 5) is 5.90. The van der Waals surface area contributed by atoms with Gasteiger partial charge in [-0.3, -0.25) is 4.98 Å². The molecule has 0 aliphatic carbocycles. The Morgan fingerprint density at radius 1 is 0.958 bits per heavy atom. The molecule has 1 fully saturated rings. The Labute approximate surface area is 150 Å². The minimum atomic E-state index is 0.120. The van der Waals surface area contributed by atoms with Gasteiger partial charge in [0.2, 0.25) is 0 Å². The summed E-state index contributed by atoms with van der Waals surface area (Å²) in [5, 5.41) is 11.9. The van der Waals surface area contributed by atoms with Crippen molar-refractivity contribution in [1.29, 1.82) is 0 Å². The number of benzene rings is 2. The van der Waals surface area contributed by atoms with Crippen molar-refractivity contribution < 1.29 is 10.0 Å². The van der Waals surface area contributed by atoms with Crippen molar-refractivity contribution in [3.8, 4) is 5.75 Å². The van der Waals surface area contributed by atoms with Gasteiger partial charge in [-0.15, -0.1) is 0 Å². The van der Waals surface area contributed by atoms with Crippen LogP contribution in [-0.4, -0.2) is 23.2 Å². The van der Waals surface area contributed by atoms with Crippen LogP contribution in [0.15, 0.2) is 59.2 Å². The average molecular weight is 384 g/mol. The van der Waals surface area contributed by atoms with Gasteiger partial charge in [0.15, 0.2) is 5.75 Å². The van der Waals surface area contributed by atoms with Crippen LogP contribution in [0.3, 0.4) is 0 Å². The summed E-state index contributed by atoms with van der Waals surface area (Å²) in [6.07, 6.45) is 4.22. The van der Waals surface area contributed by atoms with Gasteiger partial charge in [0, 0.05) is 34.5 Å². The summed E-state index contributed by atoms with van der Waals surface area (Å²) in [5.41, 5.74) is 2.87. The number of likely N-dealkylation sites (tertiary alicyclic amines) is 1. The number of hydrogen-bond donors (Lipinski definition) is 2. The summed E-state index contributed by atoms with van der Waals surface area (Å²) in [6, 6.07) is 16.5. The Morgan fingerprint density at radius 3 is 2.54 bits per heavy atom. The first kappa shape index (κ1) is 15.6. The minimum absolute atomic E-state index is 0.120. The van der Waals surface area contributed by atoms with E-state index in [-0.39, 0.29) is 6.04 Å². The molecule has 2 N–H and O–H groups in total. The number of aromatic nitrogens is 1. The van der Waals surface area contributed by atoms with Crippen LogP contribution < -0.4 is 4.90 Å². The zero-order valence-corrected chi connectivity index (χ0v) is 15.0. The Kier molecular flexibility index (Phi) is 4.25. The highest BCUT2D eigenvalue weighted by atomic mass is 79.9. The summed E-state index contributed by atoms with van der Waals surface area (Å²) >= 11 is 3.71. The van der Waals surface area contributed by atoms with E-state index in [2.05, 4.69) is 51.2 Å². The first-order valence-corrected chi connectivity index (χ1v) is 9.20. The van der Waals surface area contributed by atoms with Gasteiger partial charge in [-0.2, -0.15) is 0 Å². The number of nitrogens with zero attached hydrogens (tertiary/aromatic N) is 1. The molecule has 3 aromatic rings. The highest BCUT2D eigenvalue weighted by Gasteiger charge is 2.32. The molecule has 0 bridgehead atoms. The summed E-state index contributed by atoms with van der Waals surface area (Å²) in [7, 11) is 0. The Hall–Kier alpha value is -1.91. The average Bonchev–Trinajstić information content (AvgIpc) is 3.13. The van der Waals surface area contributed by atoms with Crippen molar-refractivity contribution >= 4 is 26.8 Å². The molecule has 0 unspecified atom stereocenters. The second-order valence-corrected chi connectivity index (χ2v) is 7.25. The first-order valence-electron chi connectivity index (χ1n) is 8.41. The molecule has 4 rings (SSSR count). The molecule has 0 amide bonds. The van der Waals surface area contributed by atoms with Crippen LogP contribution >= 0.6 is 15.9 Å². The van der Waals surface area contributed by atoms with Gasteiger partial charge in [0.05, 0.1) is 18.7 Å². The highest BCUT2D eigenvalue weighted by molar-refractivity contribution is 9.10. The molecule has 3 nitrogen and oxygen atoms in total. The molecule has 0 spiro atoms. The molecule has 1 aliphatic rings. The molecule has 0 saturated carbocycles. The van der Waals surface area contributed by atoms with Crippen molar-refractivity contribution in [2.45, 2.75) is 18.9 Å². The summed E-state index contributed by atoms with van der Waals surface area (Å²) < 4.78 is 1.09. The smallest absolute Gasteiger partial charge is 0.151 e. The predicted molar refractivity (Wildman–Crippen MR) is 99.3 cm³/mol. The van der Waals surface area contributed by atoms with Gasteiger partial charge >= 0.3 is 0 Å². The number of halogens is 1. The highest BCUT2D eigenvalue weighted by Crippen LogP contribution is 2.35. The minimum Gasteiger partial charge on any atom is -0.505 e. The number of quaternary nitrogens is 1. The number of phenolic OH excluding ortho intramolecular Hbond substituents is 1. The topological polar surface area (TPSA) is 37.6 Å². The molecule has 1 atom stereocenters.